The van der Waals surface area contributed by atoms with Crippen molar-refractivity contribution in [2.75, 3.05) is 20.3 Å². The van der Waals surface area contributed by atoms with Crippen LogP contribution in [0.5, 0.6) is 0 Å². The van der Waals surface area contributed by atoms with E-state index < -0.39 is 36.9 Å². The molecule has 3 aromatic carbocycles. The van der Waals surface area contributed by atoms with Crippen molar-refractivity contribution in [3.05, 3.63) is 71.8 Å². The van der Waals surface area contributed by atoms with Crippen LogP contribution in [0.4, 0.5) is 4.79 Å². The Labute approximate surface area is 262 Å². The van der Waals surface area contributed by atoms with Gasteiger partial charge in [-0.15, -0.1) is 0 Å². The van der Waals surface area contributed by atoms with E-state index in [2.05, 4.69) is 30.3 Å². The summed E-state index contributed by atoms with van der Waals surface area (Å²) in [5.41, 5.74) is 2.36. The van der Waals surface area contributed by atoms with Crippen molar-refractivity contribution >= 4 is 30.4 Å². The van der Waals surface area contributed by atoms with Gasteiger partial charge in [-0.05, 0) is 73.7 Å². The Bertz CT molecular complexity index is 1550. The molecule has 4 rings (SSSR count). The van der Waals surface area contributed by atoms with Gasteiger partial charge in [0.2, 0.25) is 5.91 Å². The first kappa shape index (κ1) is 33.7. The van der Waals surface area contributed by atoms with Crippen LogP contribution in [0, 0.1) is 5.41 Å². The quantitative estimate of drug-likeness (QED) is 0.223. The summed E-state index contributed by atoms with van der Waals surface area (Å²) >= 11 is 0. The van der Waals surface area contributed by atoms with Crippen LogP contribution in [-0.4, -0.2) is 59.9 Å². The highest BCUT2D eigenvalue weighted by atomic mass is 31.2. The second-order valence-corrected chi connectivity index (χ2v) is 15.6. The molecule has 3 aromatic rings. The minimum atomic E-state index is -3.41. The van der Waals surface area contributed by atoms with Crippen molar-refractivity contribution in [3.8, 4) is 11.1 Å². The Morgan fingerprint density at radius 1 is 0.841 bits per heavy atom. The second-order valence-electron chi connectivity index (χ2n) is 13.5. The molecule has 8 nitrogen and oxygen atoms in total. The summed E-state index contributed by atoms with van der Waals surface area (Å²) in [4.78, 5) is 30.8. The maximum atomic E-state index is 13.8. The average Bonchev–Trinajstić information content (AvgIpc) is 3.17. The van der Waals surface area contributed by atoms with E-state index in [1.165, 1.54) is 0 Å². The van der Waals surface area contributed by atoms with E-state index >= 15 is 0 Å². The lowest BCUT2D eigenvalue weighted by atomic mass is 9.91. The van der Waals surface area contributed by atoms with Crippen LogP contribution < -0.4 is 0 Å². The SMILES string of the molecule is CCOP(=O)(Cc1cc(C[C@@H]2C(=O)N(C)[C@@H](C(C)(C)C)N2C(=O)OC(C)(C)C)cc(-c2ccc3ccccc3c2)c1)OCC. The van der Waals surface area contributed by atoms with Crippen LogP contribution in [-0.2, 0) is 35.7 Å². The van der Waals surface area contributed by atoms with Crippen molar-refractivity contribution in [2.24, 2.45) is 5.41 Å². The lowest BCUT2D eigenvalue weighted by Gasteiger charge is -2.39. The van der Waals surface area contributed by atoms with E-state index in [0.717, 1.165) is 33.0 Å². The molecule has 0 N–H and O–H groups in total. The molecule has 0 radical (unpaired) electrons. The molecule has 0 unspecified atom stereocenters. The number of ether oxygens (including phenoxy) is 1. The minimum absolute atomic E-state index is 0.0853. The normalized spacial score (nSPS) is 17.9. The Balaban J connectivity index is 1.82. The van der Waals surface area contributed by atoms with Gasteiger partial charge in [-0.25, -0.2) is 4.79 Å². The summed E-state index contributed by atoms with van der Waals surface area (Å²) in [6.45, 7) is 15.6. The van der Waals surface area contributed by atoms with E-state index in [-0.39, 0.29) is 31.7 Å². The second kappa shape index (κ2) is 13.0. The minimum Gasteiger partial charge on any atom is -0.444 e. The predicted octanol–water partition coefficient (Wildman–Crippen LogP) is 8.27. The van der Waals surface area contributed by atoms with Crippen molar-refractivity contribution in [2.45, 2.75) is 85.8 Å². The summed E-state index contributed by atoms with van der Waals surface area (Å²) in [6, 6.07) is 19.6. The molecule has 1 heterocycles. The Morgan fingerprint density at radius 2 is 1.45 bits per heavy atom. The van der Waals surface area contributed by atoms with Gasteiger partial charge < -0.3 is 18.7 Å². The number of nitrogens with zero attached hydrogens (tertiary/aromatic N) is 2. The zero-order valence-electron chi connectivity index (χ0n) is 27.5. The summed E-state index contributed by atoms with van der Waals surface area (Å²) in [6.07, 6.45) is -0.670. The number of hydrogen-bond donors (Lipinski definition) is 0. The topological polar surface area (TPSA) is 85.4 Å². The van der Waals surface area contributed by atoms with Gasteiger partial charge in [0, 0.05) is 18.9 Å². The van der Waals surface area contributed by atoms with E-state index in [9.17, 15) is 14.2 Å². The number of rotatable bonds is 9. The highest BCUT2D eigenvalue weighted by Crippen LogP contribution is 2.51. The molecule has 2 amide bonds. The molecule has 9 heteroatoms. The molecule has 1 saturated heterocycles. The lowest BCUT2D eigenvalue weighted by Crippen LogP contribution is -2.52. The molecular formula is C35H47N2O6P. The summed E-state index contributed by atoms with van der Waals surface area (Å²) < 4.78 is 30.7. The molecule has 0 bridgehead atoms. The van der Waals surface area contributed by atoms with Crippen LogP contribution in [0.25, 0.3) is 21.9 Å². The zero-order valence-corrected chi connectivity index (χ0v) is 28.4. The van der Waals surface area contributed by atoms with Crippen molar-refractivity contribution in [1.82, 2.24) is 9.80 Å². The molecule has 1 aliphatic heterocycles. The predicted molar refractivity (Wildman–Crippen MR) is 176 cm³/mol. The molecule has 0 spiro atoms. The first-order valence-corrected chi connectivity index (χ1v) is 17.1. The smallest absolute Gasteiger partial charge is 0.412 e. The van der Waals surface area contributed by atoms with Gasteiger partial charge in [0.1, 0.15) is 17.8 Å². The Kier molecular flexibility index (Phi) is 9.99. The fraction of sp³-hybridized carbons (Fsp3) is 0.486. The molecule has 44 heavy (non-hydrogen) atoms. The Morgan fingerprint density at radius 3 is 2.05 bits per heavy atom. The molecule has 238 valence electrons. The summed E-state index contributed by atoms with van der Waals surface area (Å²) in [5.74, 6) is -0.150. The standard InChI is InChI=1S/C35H47N2O6P/c1-10-41-44(40,42-11-2)23-25-18-24(19-29(20-25)28-17-16-26-14-12-13-15-27(26)22-28)21-30-31(38)36(9)32(34(3,4)5)37(30)33(39)43-35(6,7)8/h12-20,22,30,32H,10-11,21,23H2,1-9H3/t30-,32-/m1/s1. The highest BCUT2D eigenvalue weighted by Gasteiger charge is 2.52. The maximum absolute atomic E-state index is 13.8. The van der Waals surface area contributed by atoms with Crippen molar-refractivity contribution in [1.29, 1.82) is 0 Å². The van der Waals surface area contributed by atoms with Gasteiger partial charge in [0.25, 0.3) is 0 Å². The summed E-state index contributed by atoms with van der Waals surface area (Å²) in [7, 11) is -1.67. The van der Waals surface area contributed by atoms with Crippen molar-refractivity contribution in [3.63, 3.8) is 0 Å². The third-order valence-electron chi connectivity index (χ3n) is 7.57. The summed E-state index contributed by atoms with van der Waals surface area (Å²) in [5, 5.41) is 2.23. The number of carbonyl (C=O) groups excluding carboxylic acids is 2. The van der Waals surface area contributed by atoms with E-state index in [1.807, 2.05) is 71.9 Å². The number of benzene rings is 3. The van der Waals surface area contributed by atoms with Crippen LogP contribution in [0.2, 0.25) is 0 Å². The number of hydrogen-bond acceptors (Lipinski definition) is 6. The average molecular weight is 623 g/mol. The van der Waals surface area contributed by atoms with Gasteiger partial charge in [-0.1, -0.05) is 75.4 Å². The zero-order chi connectivity index (χ0) is 32.4. The fourth-order valence-corrected chi connectivity index (χ4v) is 7.71. The van der Waals surface area contributed by atoms with E-state index in [0.29, 0.717) is 0 Å². The molecule has 1 aliphatic rings. The third-order valence-corrected chi connectivity index (χ3v) is 9.63. The fourth-order valence-electron chi connectivity index (χ4n) is 6.03. The third kappa shape index (κ3) is 7.71. The number of amides is 2. The largest absolute Gasteiger partial charge is 0.444 e. The number of fused-ring (bicyclic) bond motifs is 1. The molecule has 2 atom stereocenters. The van der Waals surface area contributed by atoms with Crippen molar-refractivity contribution < 1.29 is 27.9 Å². The molecule has 1 fully saturated rings. The molecule has 0 saturated carbocycles. The van der Waals surface area contributed by atoms with Gasteiger partial charge in [-0.2, -0.15) is 0 Å². The monoisotopic (exact) mass is 622 g/mol. The molecule has 0 aliphatic carbocycles. The highest BCUT2D eigenvalue weighted by molar-refractivity contribution is 7.53. The van der Waals surface area contributed by atoms with E-state index in [1.54, 1.807) is 30.7 Å². The van der Waals surface area contributed by atoms with Crippen LogP contribution in [0.3, 0.4) is 0 Å². The van der Waals surface area contributed by atoms with Crippen LogP contribution in [0.1, 0.15) is 66.5 Å². The van der Waals surface area contributed by atoms with Crippen LogP contribution >= 0.6 is 7.60 Å². The Hall–Kier alpha value is -3.19. The first-order chi connectivity index (χ1) is 20.5. The number of likely N-dealkylation sites (N-methyl/N-ethyl adjacent to an activating group) is 1. The maximum Gasteiger partial charge on any atom is 0.412 e. The van der Waals surface area contributed by atoms with Gasteiger partial charge in [0.05, 0.1) is 19.4 Å². The first-order valence-electron chi connectivity index (χ1n) is 15.3. The lowest BCUT2D eigenvalue weighted by molar-refractivity contribution is -0.129. The molecule has 0 aromatic heterocycles. The van der Waals surface area contributed by atoms with Gasteiger partial charge >= 0.3 is 13.7 Å². The number of carbonyl (C=O) groups is 2. The van der Waals surface area contributed by atoms with Gasteiger partial charge in [0.15, 0.2) is 0 Å². The van der Waals surface area contributed by atoms with E-state index in [4.69, 9.17) is 13.8 Å². The van der Waals surface area contributed by atoms with Crippen LogP contribution in [0.15, 0.2) is 60.7 Å². The van der Waals surface area contributed by atoms with Gasteiger partial charge in [-0.3, -0.25) is 14.3 Å². The molecular weight excluding hydrogens is 575 g/mol.